The normalized spacial score (nSPS) is 17.3. The van der Waals surface area contributed by atoms with Crippen LogP contribution in [0.4, 0.5) is 0 Å². The van der Waals surface area contributed by atoms with Crippen molar-refractivity contribution in [2.75, 3.05) is 26.2 Å². The molecule has 2 N–H and O–H groups in total. The zero-order valence-electron chi connectivity index (χ0n) is 11.4. The molecule has 0 unspecified atom stereocenters. The molecule has 3 nitrogen and oxygen atoms in total. The maximum atomic E-state index is 9.89. The number of phenols is 1. The van der Waals surface area contributed by atoms with E-state index in [-0.39, 0.29) is 0 Å². The van der Waals surface area contributed by atoms with Gasteiger partial charge >= 0.3 is 0 Å². The van der Waals surface area contributed by atoms with Crippen LogP contribution < -0.4 is 5.32 Å². The average Bonchev–Trinajstić information content (AvgIpc) is 2.68. The topological polar surface area (TPSA) is 35.5 Å². The molecule has 1 aliphatic heterocycles. The summed E-state index contributed by atoms with van der Waals surface area (Å²) in [7, 11) is 0. The quantitative estimate of drug-likeness (QED) is 0.816. The van der Waals surface area contributed by atoms with E-state index in [4.69, 9.17) is 0 Å². The van der Waals surface area contributed by atoms with E-state index in [1.54, 1.807) is 0 Å². The summed E-state index contributed by atoms with van der Waals surface area (Å²) in [5.74, 6) is 0.352. The predicted molar refractivity (Wildman–Crippen MR) is 82.4 cm³/mol. The first-order chi connectivity index (χ1) is 9.27. The van der Waals surface area contributed by atoms with Gasteiger partial charge in [0.05, 0.1) is 4.47 Å². The number of rotatable bonds is 5. The van der Waals surface area contributed by atoms with Crippen molar-refractivity contribution >= 4 is 15.9 Å². The number of benzene rings is 1. The minimum Gasteiger partial charge on any atom is -0.506 e. The van der Waals surface area contributed by atoms with Crippen molar-refractivity contribution in [2.45, 2.75) is 32.2 Å². The molecule has 1 aromatic rings. The molecule has 4 heteroatoms. The fourth-order valence-electron chi connectivity index (χ4n) is 2.52. The molecular formula is C15H23BrN2O. The SMILES string of the molecule is Oc1c(Br)cccc1CNCCN1CCCCCC1. The van der Waals surface area contributed by atoms with Crippen molar-refractivity contribution in [1.82, 2.24) is 10.2 Å². The third-order valence-electron chi connectivity index (χ3n) is 3.69. The Kier molecular flexibility index (Phi) is 6.14. The van der Waals surface area contributed by atoms with Gasteiger partial charge in [-0.25, -0.2) is 0 Å². The summed E-state index contributed by atoms with van der Waals surface area (Å²) in [5, 5.41) is 13.3. The molecule has 1 aliphatic rings. The second kappa shape index (κ2) is 7.88. The van der Waals surface area contributed by atoms with Gasteiger partial charge in [-0.2, -0.15) is 0 Å². The highest BCUT2D eigenvalue weighted by Gasteiger charge is 2.08. The van der Waals surface area contributed by atoms with Crippen LogP contribution in [0.3, 0.4) is 0 Å². The van der Waals surface area contributed by atoms with E-state index < -0.39 is 0 Å². The lowest BCUT2D eigenvalue weighted by molar-refractivity contribution is 0.284. The van der Waals surface area contributed by atoms with E-state index in [0.717, 1.165) is 29.7 Å². The second-order valence-corrected chi connectivity index (χ2v) is 6.03. The maximum absolute atomic E-state index is 9.89. The summed E-state index contributed by atoms with van der Waals surface area (Å²) in [6, 6.07) is 5.77. The molecule has 1 heterocycles. The Hall–Kier alpha value is -0.580. The third-order valence-corrected chi connectivity index (χ3v) is 4.33. The van der Waals surface area contributed by atoms with E-state index in [9.17, 15) is 5.11 Å². The molecule has 1 fully saturated rings. The molecule has 0 aromatic heterocycles. The van der Waals surface area contributed by atoms with E-state index in [0.29, 0.717) is 5.75 Å². The van der Waals surface area contributed by atoms with Gasteiger partial charge in [-0.15, -0.1) is 0 Å². The van der Waals surface area contributed by atoms with Gasteiger partial charge in [0.25, 0.3) is 0 Å². The first-order valence-electron chi connectivity index (χ1n) is 7.17. The summed E-state index contributed by atoms with van der Waals surface area (Å²) in [6.07, 6.45) is 5.45. The molecule has 1 aromatic carbocycles. The van der Waals surface area contributed by atoms with Crippen molar-refractivity contribution in [3.05, 3.63) is 28.2 Å². The minimum absolute atomic E-state index is 0.352. The number of hydrogen-bond donors (Lipinski definition) is 2. The van der Waals surface area contributed by atoms with Crippen molar-refractivity contribution in [2.24, 2.45) is 0 Å². The van der Waals surface area contributed by atoms with Gasteiger partial charge in [0.2, 0.25) is 0 Å². The average molecular weight is 327 g/mol. The molecule has 106 valence electrons. The van der Waals surface area contributed by atoms with Crippen molar-refractivity contribution in [1.29, 1.82) is 0 Å². The highest BCUT2D eigenvalue weighted by molar-refractivity contribution is 9.10. The Bertz CT molecular complexity index is 390. The number of aromatic hydroxyl groups is 1. The predicted octanol–water partition coefficient (Wildman–Crippen LogP) is 3.12. The van der Waals surface area contributed by atoms with Gasteiger partial charge in [0.15, 0.2) is 0 Å². The molecule has 0 atom stereocenters. The minimum atomic E-state index is 0.352. The van der Waals surface area contributed by atoms with Crippen LogP contribution in [0.1, 0.15) is 31.2 Å². The number of nitrogens with one attached hydrogen (secondary N) is 1. The summed E-state index contributed by atoms with van der Waals surface area (Å²) >= 11 is 3.34. The van der Waals surface area contributed by atoms with Crippen LogP contribution in [-0.4, -0.2) is 36.2 Å². The maximum Gasteiger partial charge on any atom is 0.134 e. The Labute approximate surface area is 124 Å². The van der Waals surface area contributed by atoms with Gasteiger partial charge in [0, 0.05) is 25.2 Å². The van der Waals surface area contributed by atoms with Gasteiger partial charge in [0.1, 0.15) is 5.75 Å². The molecule has 0 amide bonds. The van der Waals surface area contributed by atoms with E-state index >= 15 is 0 Å². The molecule has 1 saturated heterocycles. The van der Waals surface area contributed by atoms with E-state index in [1.165, 1.54) is 38.8 Å². The van der Waals surface area contributed by atoms with Gasteiger partial charge < -0.3 is 15.3 Å². The second-order valence-electron chi connectivity index (χ2n) is 5.18. The molecule has 0 bridgehead atoms. The summed E-state index contributed by atoms with van der Waals surface area (Å²) in [4.78, 5) is 2.54. The molecule has 0 aliphatic carbocycles. The van der Waals surface area contributed by atoms with Crippen LogP contribution in [0.15, 0.2) is 22.7 Å². The molecule has 0 spiro atoms. The van der Waals surface area contributed by atoms with Gasteiger partial charge in [-0.05, 0) is 47.9 Å². The summed E-state index contributed by atoms with van der Waals surface area (Å²) in [5.41, 5.74) is 0.949. The number of para-hydroxylation sites is 1. The lowest BCUT2D eigenvalue weighted by Gasteiger charge is -2.19. The Morgan fingerprint density at radius 1 is 1.16 bits per heavy atom. The van der Waals surface area contributed by atoms with Crippen LogP contribution in [0, 0.1) is 0 Å². The standard InChI is InChI=1S/C15H23BrN2O/c16-14-7-5-6-13(15(14)19)12-17-8-11-18-9-3-1-2-4-10-18/h5-7,17,19H,1-4,8-12H2. The van der Waals surface area contributed by atoms with E-state index in [2.05, 4.69) is 26.1 Å². The largest absolute Gasteiger partial charge is 0.506 e. The molecule has 0 saturated carbocycles. The highest BCUT2D eigenvalue weighted by Crippen LogP contribution is 2.27. The number of likely N-dealkylation sites (tertiary alicyclic amines) is 1. The van der Waals surface area contributed by atoms with Gasteiger partial charge in [-0.3, -0.25) is 0 Å². The number of phenolic OH excluding ortho intramolecular Hbond substituents is 1. The third kappa shape index (κ3) is 4.79. The Morgan fingerprint density at radius 3 is 2.63 bits per heavy atom. The highest BCUT2D eigenvalue weighted by atomic mass is 79.9. The number of nitrogens with zero attached hydrogens (tertiary/aromatic N) is 1. The monoisotopic (exact) mass is 326 g/mol. The van der Waals surface area contributed by atoms with Gasteiger partial charge in [-0.1, -0.05) is 25.0 Å². The fraction of sp³-hybridized carbons (Fsp3) is 0.600. The van der Waals surface area contributed by atoms with Crippen molar-refractivity contribution in [3.63, 3.8) is 0 Å². The van der Waals surface area contributed by atoms with Crippen LogP contribution in [0.2, 0.25) is 0 Å². The van der Waals surface area contributed by atoms with Crippen LogP contribution in [0.25, 0.3) is 0 Å². The van der Waals surface area contributed by atoms with E-state index in [1.807, 2.05) is 18.2 Å². The molecule has 2 rings (SSSR count). The van der Waals surface area contributed by atoms with Crippen molar-refractivity contribution < 1.29 is 5.11 Å². The Morgan fingerprint density at radius 2 is 1.89 bits per heavy atom. The molecule has 19 heavy (non-hydrogen) atoms. The fourth-order valence-corrected chi connectivity index (χ4v) is 2.93. The zero-order chi connectivity index (χ0) is 13.5. The smallest absolute Gasteiger partial charge is 0.134 e. The Balaban J connectivity index is 1.70. The number of halogens is 1. The molecule has 0 radical (unpaired) electrons. The first-order valence-corrected chi connectivity index (χ1v) is 7.96. The number of hydrogen-bond acceptors (Lipinski definition) is 3. The zero-order valence-corrected chi connectivity index (χ0v) is 13.0. The lowest BCUT2D eigenvalue weighted by atomic mass is 10.2. The summed E-state index contributed by atoms with van der Waals surface area (Å²) < 4.78 is 0.763. The van der Waals surface area contributed by atoms with Crippen LogP contribution >= 0.6 is 15.9 Å². The first kappa shape index (κ1) is 14.8. The molecular weight excluding hydrogens is 304 g/mol. The summed E-state index contributed by atoms with van der Waals surface area (Å²) in [6.45, 7) is 5.29. The van der Waals surface area contributed by atoms with Crippen molar-refractivity contribution in [3.8, 4) is 5.75 Å². The van der Waals surface area contributed by atoms with Crippen LogP contribution in [-0.2, 0) is 6.54 Å². The lowest BCUT2D eigenvalue weighted by Crippen LogP contribution is -2.32. The van der Waals surface area contributed by atoms with Crippen LogP contribution in [0.5, 0.6) is 5.75 Å².